The predicted octanol–water partition coefficient (Wildman–Crippen LogP) is 4.05. The molecule has 0 amide bonds. The van der Waals surface area contributed by atoms with Crippen LogP contribution in [0.15, 0.2) is 0 Å². The monoisotopic (exact) mass is 356 g/mol. The summed E-state index contributed by atoms with van der Waals surface area (Å²) in [6.45, 7) is 18.1. The smallest absolute Gasteiger partial charge is 0.126 e. The van der Waals surface area contributed by atoms with Gasteiger partial charge in [-0.05, 0) is 52.4 Å². The maximum absolute atomic E-state index is 9.09. The quantitative estimate of drug-likeness (QED) is 0.423. The molecule has 2 unspecified atom stereocenters. The summed E-state index contributed by atoms with van der Waals surface area (Å²) in [4.78, 5) is 0. The third-order valence-electron chi connectivity index (χ3n) is 3.65. The highest BCUT2D eigenvalue weighted by atomic mass is 16.5. The van der Waals surface area contributed by atoms with Crippen molar-refractivity contribution in [2.24, 2.45) is 11.8 Å². The van der Waals surface area contributed by atoms with E-state index in [1.165, 1.54) is 0 Å². The molecular formula is C21H40O4. The van der Waals surface area contributed by atoms with Crippen LogP contribution in [0.25, 0.3) is 0 Å². The molecule has 25 heavy (non-hydrogen) atoms. The molecule has 0 rings (SSSR count). The number of aliphatic hydroxyl groups is 1. The SMILES string of the molecule is CC(C)CC(C)(C#CC(C)(CC(C)C)OCCOC(C)C)OCCO. The van der Waals surface area contributed by atoms with Gasteiger partial charge in [0.1, 0.15) is 11.2 Å². The molecule has 2 atom stereocenters. The zero-order chi connectivity index (χ0) is 19.5. The number of aliphatic hydroxyl groups excluding tert-OH is 1. The van der Waals surface area contributed by atoms with Gasteiger partial charge in [0.2, 0.25) is 0 Å². The number of ether oxygens (including phenoxy) is 3. The Hall–Kier alpha value is -0.600. The van der Waals surface area contributed by atoms with Crippen molar-refractivity contribution in [2.45, 2.75) is 85.5 Å². The van der Waals surface area contributed by atoms with Crippen LogP contribution >= 0.6 is 0 Å². The van der Waals surface area contributed by atoms with E-state index >= 15 is 0 Å². The normalized spacial score (nSPS) is 16.6. The second-order valence-corrected chi connectivity index (χ2v) is 8.25. The molecule has 0 spiro atoms. The minimum Gasteiger partial charge on any atom is -0.394 e. The molecule has 0 bridgehead atoms. The van der Waals surface area contributed by atoms with Gasteiger partial charge in [0.25, 0.3) is 0 Å². The number of hydrogen-bond acceptors (Lipinski definition) is 4. The fourth-order valence-electron chi connectivity index (χ4n) is 2.94. The summed E-state index contributed by atoms with van der Waals surface area (Å²) in [5.74, 6) is 7.57. The fraction of sp³-hybridized carbons (Fsp3) is 0.905. The van der Waals surface area contributed by atoms with E-state index in [0.717, 1.165) is 12.8 Å². The van der Waals surface area contributed by atoms with Gasteiger partial charge in [-0.25, -0.2) is 0 Å². The van der Waals surface area contributed by atoms with Crippen LogP contribution in [0.3, 0.4) is 0 Å². The molecule has 0 heterocycles. The van der Waals surface area contributed by atoms with E-state index in [9.17, 15) is 0 Å². The molecule has 0 aromatic heterocycles. The molecular weight excluding hydrogens is 316 g/mol. The first-order chi connectivity index (χ1) is 11.5. The third-order valence-corrected chi connectivity index (χ3v) is 3.65. The molecule has 0 saturated heterocycles. The van der Waals surface area contributed by atoms with Crippen molar-refractivity contribution in [3.8, 4) is 11.8 Å². The van der Waals surface area contributed by atoms with E-state index in [-0.39, 0.29) is 12.7 Å². The summed E-state index contributed by atoms with van der Waals surface area (Å²) in [5.41, 5.74) is -1.11. The maximum Gasteiger partial charge on any atom is 0.126 e. The molecule has 0 aromatic rings. The van der Waals surface area contributed by atoms with Gasteiger partial charge < -0.3 is 19.3 Å². The zero-order valence-corrected chi connectivity index (χ0v) is 17.6. The van der Waals surface area contributed by atoms with E-state index in [1.807, 2.05) is 27.7 Å². The summed E-state index contributed by atoms with van der Waals surface area (Å²) in [7, 11) is 0. The van der Waals surface area contributed by atoms with Crippen LogP contribution in [-0.2, 0) is 14.2 Å². The molecule has 148 valence electrons. The Morgan fingerprint density at radius 1 is 0.760 bits per heavy atom. The second-order valence-electron chi connectivity index (χ2n) is 8.25. The minimum absolute atomic E-state index is 0.00165. The van der Waals surface area contributed by atoms with Gasteiger partial charge in [-0.2, -0.15) is 0 Å². The molecule has 0 aromatic carbocycles. The van der Waals surface area contributed by atoms with Crippen molar-refractivity contribution in [3.05, 3.63) is 0 Å². The molecule has 4 nitrogen and oxygen atoms in total. The zero-order valence-electron chi connectivity index (χ0n) is 17.6. The molecule has 0 aliphatic rings. The molecule has 0 fully saturated rings. The summed E-state index contributed by atoms with van der Waals surface area (Å²) in [6, 6.07) is 0. The van der Waals surface area contributed by atoms with Crippen LogP contribution in [-0.4, -0.2) is 48.8 Å². The molecule has 1 N–H and O–H groups in total. The average Bonchev–Trinajstić information content (AvgIpc) is 2.46. The molecule has 0 aliphatic heterocycles. The Labute approximate surface area is 155 Å². The lowest BCUT2D eigenvalue weighted by atomic mass is 9.90. The Kier molecular flexibility index (Phi) is 11.6. The van der Waals surface area contributed by atoms with Crippen LogP contribution in [0, 0.1) is 23.7 Å². The Morgan fingerprint density at radius 2 is 1.20 bits per heavy atom. The highest BCUT2D eigenvalue weighted by Gasteiger charge is 2.28. The van der Waals surface area contributed by atoms with Gasteiger partial charge in [-0.15, -0.1) is 0 Å². The van der Waals surface area contributed by atoms with Gasteiger partial charge in [0, 0.05) is 0 Å². The maximum atomic E-state index is 9.09. The molecule has 0 saturated carbocycles. The van der Waals surface area contributed by atoms with Crippen molar-refractivity contribution in [1.29, 1.82) is 0 Å². The van der Waals surface area contributed by atoms with E-state index in [4.69, 9.17) is 19.3 Å². The lowest BCUT2D eigenvalue weighted by molar-refractivity contribution is -0.0450. The van der Waals surface area contributed by atoms with Gasteiger partial charge >= 0.3 is 0 Å². The van der Waals surface area contributed by atoms with Crippen molar-refractivity contribution in [3.63, 3.8) is 0 Å². The van der Waals surface area contributed by atoms with Gasteiger partial charge in [-0.3, -0.25) is 0 Å². The Morgan fingerprint density at radius 3 is 1.56 bits per heavy atom. The van der Waals surface area contributed by atoms with E-state index in [1.54, 1.807) is 0 Å². The molecule has 0 radical (unpaired) electrons. The molecule has 0 aliphatic carbocycles. The summed E-state index contributed by atoms with van der Waals surface area (Å²) in [5, 5.41) is 9.09. The summed E-state index contributed by atoms with van der Waals surface area (Å²) < 4.78 is 17.5. The van der Waals surface area contributed by atoms with Crippen LogP contribution in [0.5, 0.6) is 0 Å². The van der Waals surface area contributed by atoms with Crippen LogP contribution in [0.2, 0.25) is 0 Å². The van der Waals surface area contributed by atoms with Crippen molar-refractivity contribution in [2.75, 3.05) is 26.4 Å². The van der Waals surface area contributed by atoms with E-state index < -0.39 is 11.2 Å². The van der Waals surface area contributed by atoms with E-state index in [2.05, 4.69) is 39.5 Å². The van der Waals surface area contributed by atoms with Gasteiger partial charge in [-0.1, -0.05) is 39.5 Å². The lowest BCUT2D eigenvalue weighted by Crippen LogP contribution is -2.34. The van der Waals surface area contributed by atoms with Crippen LogP contribution < -0.4 is 0 Å². The van der Waals surface area contributed by atoms with Crippen molar-refractivity contribution >= 4 is 0 Å². The van der Waals surface area contributed by atoms with Gasteiger partial charge in [0.05, 0.1) is 32.5 Å². The van der Waals surface area contributed by atoms with E-state index in [0.29, 0.717) is 31.7 Å². The topological polar surface area (TPSA) is 47.9 Å². The number of hydrogen-bond donors (Lipinski definition) is 1. The molecule has 4 heteroatoms. The van der Waals surface area contributed by atoms with Crippen molar-refractivity contribution < 1.29 is 19.3 Å². The Bertz CT molecular complexity index is 408. The third kappa shape index (κ3) is 12.4. The highest BCUT2D eigenvalue weighted by molar-refractivity contribution is 5.21. The summed E-state index contributed by atoms with van der Waals surface area (Å²) >= 11 is 0. The largest absolute Gasteiger partial charge is 0.394 e. The first kappa shape index (κ1) is 24.4. The summed E-state index contributed by atoms with van der Waals surface area (Å²) in [6.07, 6.45) is 1.86. The first-order valence-electron chi connectivity index (χ1n) is 9.56. The highest BCUT2D eigenvalue weighted by Crippen LogP contribution is 2.24. The van der Waals surface area contributed by atoms with Crippen LogP contribution in [0.4, 0.5) is 0 Å². The lowest BCUT2D eigenvalue weighted by Gasteiger charge is -2.29. The standard InChI is InChI=1S/C21H40O4/c1-17(2)15-20(7,24-12-11-22)9-10-21(8,16-18(3)4)25-14-13-23-19(5)6/h17-19,22H,11-16H2,1-8H3. The Balaban J connectivity index is 5.14. The second kappa shape index (κ2) is 11.9. The fourth-order valence-corrected chi connectivity index (χ4v) is 2.94. The predicted molar refractivity (Wildman–Crippen MR) is 104 cm³/mol. The number of rotatable bonds is 12. The minimum atomic E-state index is -0.576. The average molecular weight is 357 g/mol. The first-order valence-corrected chi connectivity index (χ1v) is 9.56. The van der Waals surface area contributed by atoms with Crippen LogP contribution in [0.1, 0.15) is 68.2 Å². The van der Waals surface area contributed by atoms with Gasteiger partial charge in [0.15, 0.2) is 0 Å². The van der Waals surface area contributed by atoms with Crippen molar-refractivity contribution in [1.82, 2.24) is 0 Å².